The van der Waals surface area contributed by atoms with Gasteiger partial charge in [-0.2, -0.15) is 0 Å². The van der Waals surface area contributed by atoms with Crippen molar-refractivity contribution in [2.45, 2.75) is 81.4 Å². The number of hydrogen-bond donors (Lipinski definition) is 3. The number of carboxylic acids is 1. The molecule has 0 unspecified atom stereocenters. The van der Waals surface area contributed by atoms with Gasteiger partial charge in [-0.05, 0) is 51.9 Å². The third-order valence-corrected chi connectivity index (χ3v) is 12.0. The number of esters is 1. The molecule has 0 aliphatic carbocycles. The van der Waals surface area contributed by atoms with Crippen LogP contribution in [-0.4, -0.2) is 107 Å². The molecule has 0 aromatic carbocycles. The number of hydrogen-bond acceptors (Lipinski definition) is 9. The molecule has 214 valence electrons. The summed E-state index contributed by atoms with van der Waals surface area (Å²) >= 11 is 0. The molecule has 4 rings (SSSR count). The van der Waals surface area contributed by atoms with Crippen molar-refractivity contribution in [3.8, 4) is 0 Å². The first-order valence-electron chi connectivity index (χ1n) is 14.0. The van der Waals surface area contributed by atoms with Gasteiger partial charge in [0.2, 0.25) is 11.8 Å². The standard InChI is InChI=1S/C26H42N4O6S2/c1-3-26(25(34)35)7-11-30(12-8-26)23(32)21-14-19(16-28-21)38-37-18-13-20(27-15-18)22(31)29-9-5-17(6-10-29)24(33)36-4-2/h17-21,27-28H,3-16H2,1-2H3,(H,34,35)/t18-,19-,20+,21+/m1/s1. The molecule has 0 bridgehead atoms. The van der Waals surface area contributed by atoms with Crippen molar-refractivity contribution in [1.29, 1.82) is 0 Å². The van der Waals surface area contributed by atoms with Crippen LogP contribution in [0.3, 0.4) is 0 Å². The topological polar surface area (TPSA) is 128 Å². The van der Waals surface area contributed by atoms with Gasteiger partial charge in [-0.25, -0.2) is 0 Å². The maximum absolute atomic E-state index is 13.1. The Kier molecular flexibility index (Phi) is 10.3. The van der Waals surface area contributed by atoms with E-state index in [1.165, 1.54) is 0 Å². The van der Waals surface area contributed by atoms with Crippen molar-refractivity contribution in [3.05, 3.63) is 0 Å². The quantitative estimate of drug-likeness (QED) is 0.279. The number of carbonyl (C=O) groups is 4. The predicted octanol–water partition coefficient (Wildman–Crippen LogP) is 1.73. The summed E-state index contributed by atoms with van der Waals surface area (Å²) in [7, 11) is 3.61. The van der Waals surface area contributed by atoms with Gasteiger partial charge in [0.15, 0.2) is 0 Å². The molecule has 38 heavy (non-hydrogen) atoms. The Bertz CT molecular complexity index is 876. The fraction of sp³-hybridized carbons (Fsp3) is 0.846. The minimum absolute atomic E-state index is 0.0908. The Hall–Kier alpha value is -1.50. The Balaban J connectivity index is 1.14. The van der Waals surface area contributed by atoms with Gasteiger partial charge in [0.1, 0.15) is 0 Å². The Morgan fingerprint density at radius 3 is 1.82 bits per heavy atom. The zero-order valence-electron chi connectivity index (χ0n) is 22.5. The number of nitrogens with zero attached hydrogens (tertiary/aromatic N) is 2. The Labute approximate surface area is 233 Å². The molecule has 10 nitrogen and oxygen atoms in total. The van der Waals surface area contributed by atoms with Gasteiger partial charge in [-0.15, -0.1) is 0 Å². The van der Waals surface area contributed by atoms with Crippen molar-refractivity contribution in [2.75, 3.05) is 45.9 Å². The summed E-state index contributed by atoms with van der Waals surface area (Å²) in [6, 6.07) is -0.385. The number of piperidine rings is 2. The lowest BCUT2D eigenvalue weighted by Gasteiger charge is -2.39. The first kappa shape index (κ1) is 29.5. The number of aliphatic carboxylic acids is 1. The molecule has 3 N–H and O–H groups in total. The minimum atomic E-state index is -0.747. The lowest BCUT2D eigenvalue weighted by Crippen LogP contribution is -2.50. The van der Waals surface area contributed by atoms with E-state index in [1.54, 1.807) is 21.6 Å². The van der Waals surface area contributed by atoms with Crippen molar-refractivity contribution >= 4 is 45.3 Å². The van der Waals surface area contributed by atoms with Crippen molar-refractivity contribution < 1.29 is 29.0 Å². The van der Waals surface area contributed by atoms with Crippen molar-refractivity contribution in [2.24, 2.45) is 11.3 Å². The van der Waals surface area contributed by atoms with Crippen LogP contribution in [0.25, 0.3) is 0 Å². The third-order valence-electron chi connectivity index (χ3n) is 8.69. The van der Waals surface area contributed by atoms with Crippen LogP contribution in [0.15, 0.2) is 0 Å². The lowest BCUT2D eigenvalue weighted by atomic mass is 9.76. The van der Waals surface area contributed by atoms with Crippen LogP contribution < -0.4 is 10.6 Å². The normalized spacial score (nSPS) is 29.8. The molecule has 12 heteroatoms. The van der Waals surface area contributed by atoms with E-state index < -0.39 is 11.4 Å². The zero-order valence-corrected chi connectivity index (χ0v) is 24.1. The maximum Gasteiger partial charge on any atom is 0.309 e. The van der Waals surface area contributed by atoms with Gasteiger partial charge < -0.3 is 30.3 Å². The van der Waals surface area contributed by atoms with Crippen LogP contribution in [0.4, 0.5) is 0 Å². The summed E-state index contributed by atoms with van der Waals surface area (Å²) in [5.41, 5.74) is -0.692. The minimum Gasteiger partial charge on any atom is -0.481 e. The molecule has 0 aromatic rings. The van der Waals surface area contributed by atoms with Crippen LogP contribution in [0.1, 0.15) is 58.8 Å². The molecular weight excluding hydrogens is 528 g/mol. The van der Waals surface area contributed by atoms with Crippen LogP contribution in [0.5, 0.6) is 0 Å². The Morgan fingerprint density at radius 1 is 0.868 bits per heavy atom. The van der Waals surface area contributed by atoms with Crippen molar-refractivity contribution in [3.63, 3.8) is 0 Å². The largest absolute Gasteiger partial charge is 0.481 e. The average molecular weight is 571 g/mol. The molecule has 4 saturated heterocycles. The molecule has 0 aromatic heterocycles. The lowest BCUT2D eigenvalue weighted by molar-refractivity contribution is -0.155. The van der Waals surface area contributed by atoms with Crippen LogP contribution >= 0.6 is 21.6 Å². The maximum atomic E-state index is 13.1. The van der Waals surface area contributed by atoms with E-state index in [0.717, 1.165) is 25.9 Å². The monoisotopic (exact) mass is 570 g/mol. The number of ether oxygens (including phenoxy) is 1. The second kappa shape index (κ2) is 13.2. The van der Waals surface area contributed by atoms with E-state index >= 15 is 0 Å². The molecule has 0 spiro atoms. The second-order valence-electron chi connectivity index (χ2n) is 10.9. The van der Waals surface area contributed by atoms with Gasteiger partial charge in [-0.1, -0.05) is 28.5 Å². The molecule has 4 heterocycles. The van der Waals surface area contributed by atoms with Crippen LogP contribution in [0, 0.1) is 11.3 Å². The summed E-state index contributed by atoms with van der Waals surface area (Å²) in [6.07, 6.45) is 4.51. The van der Waals surface area contributed by atoms with E-state index in [0.29, 0.717) is 75.4 Å². The van der Waals surface area contributed by atoms with E-state index in [2.05, 4.69) is 10.6 Å². The van der Waals surface area contributed by atoms with Gasteiger partial charge in [0.05, 0.1) is 30.0 Å². The Morgan fingerprint density at radius 2 is 1.37 bits per heavy atom. The van der Waals surface area contributed by atoms with Crippen LogP contribution in [0.2, 0.25) is 0 Å². The summed E-state index contributed by atoms with van der Waals surface area (Å²) < 4.78 is 5.13. The molecule has 4 atom stereocenters. The number of nitrogens with one attached hydrogen (secondary N) is 2. The first-order valence-corrected chi connectivity index (χ1v) is 16.3. The molecule has 0 saturated carbocycles. The summed E-state index contributed by atoms with van der Waals surface area (Å²) in [6.45, 7) is 7.89. The molecule has 4 fully saturated rings. The highest BCUT2D eigenvalue weighted by Crippen LogP contribution is 2.39. The van der Waals surface area contributed by atoms with Gasteiger partial charge in [0, 0.05) is 49.8 Å². The fourth-order valence-electron chi connectivity index (χ4n) is 6.00. The zero-order chi connectivity index (χ0) is 27.3. The highest BCUT2D eigenvalue weighted by atomic mass is 33.1. The highest BCUT2D eigenvalue weighted by Gasteiger charge is 2.43. The predicted molar refractivity (Wildman–Crippen MR) is 148 cm³/mol. The summed E-state index contributed by atoms with van der Waals surface area (Å²) in [5, 5.41) is 17.0. The van der Waals surface area contributed by atoms with E-state index in [9.17, 15) is 24.3 Å². The summed E-state index contributed by atoms with van der Waals surface area (Å²) in [5.74, 6) is -0.776. The van der Waals surface area contributed by atoms with Crippen LogP contribution in [-0.2, 0) is 23.9 Å². The average Bonchev–Trinajstić information content (AvgIpc) is 3.61. The number of rotatable bonds is 9. The molecular formula is C26H42N4O6S2. The number of likely N-dealkylation sites (tertiary alicyclic amines) is 2. The number of amides is 2. The molecule has 4 aliphatic rings. The smallest absolute Gasteiger partial charge is 0.309 e. The molecule has 0 radical (unpaired) electrons. The SMILES string of the molecule is CCOC(=O)C1CCN(C(=O)[C@@H]2C[C@@H](SS[C@H]3CN[C@H](C(=O)N4CCC(CC)(C(=O)O)CC4)C3)CN2)CC1. The number of carbonyl (C=O) groups excluding carboxylic acids is 3. The second-order valence-corrected chi connectivity index (χ2v) is 13.8. The van der Waals surface area contributed by atoms with E-state index in [4.69, 9.17) is 4.74 Å². The van der Waals surface area contributed by atoms with Gasteiger partial charge >= 0.3 is 11.9 Å². The molecule has 2 amide bonds. The summed E-state index contributed by atoms with van der Waals surface area (Å²) in [4.78, 5) is 53.4. The van der Waals surface area contributed by atoms with Gasteiger partial charge in [0.25, 0.3) is 0 Å². The first-order chi connectivity index (χ1) is 18.3. The van der Waals surface area contributed by atoms with Gasteiger partial charge in [-0.3, -0.25) is 19.2 Å². The molecule has 4 aliphatic heterocycles. The fourth-order valence-corrected chi connectivity index (χ4v) is 9.00. The van der Waals surface area contributed by atoms with E-state index in [1.807, 2.05) is 23.6 Å². The third kappa shape index (κ3) is 6.79. The van der Waals surface area contributed by atoms with Crippen molar-refractivity contribution in [1.82, 2.24) is 20.4 Å². The highest BCUT2D eigenvalue weighted by molar-refractivity contribution is 8.77. The number of carboxylic acid groups (broad SMARTS) is 1. The van der Waals surface area contributed by atoms with E-state index in [-0.39, 0.29) is 35.8 Å².